The normalized spacial score (nSPS) is 11.2. The molecule has 3 aromatic rings. The van der Waals surface area contributed by atoms with Crippen LogP contribution in [-0.2, 0) is 24.4 Å². The van der Waals surface area contributed by atoms with Crippen LogP contribution >= 0.6 is 0 Å². The molecule has 0 spiro atoms. The molecular weight excluding hydrogens is 404 g/mol. The minimum atomic E-state index is -0.146. The van der Waals surface area contributed by atoms with Gasteiger partial charge >= 0.3 is 0 Å². The van der Waals surface area contributed by atoms with Gasteiger partial charge in [-0.1, -0.05) is 30.3 Å². The largest absolute Gasteiger partial charge is 0.495 e. The third-order valence-corrected chi connectivity index (χ3v) is 4.79. The molecule has 0 fully saturated rings. The number of benzene rings is 2. The number of aromatic nitrogens is 2. The van der Waals surface area contributed by atoms with E-state index in [-0.39, 0.29) is 5.91 Å². The molecule has 1 aromatic heterocycles. The molecule has 8 heteroatoms. The summed E-state index contributed by atoms with van der Waals surface area (Å²) in [5.41, 5.74) is 3.99. The molecule has 0 bridgehead atoms. The third-order valence-electron chi connectivity index (χ3n) is 4.79. The van der Waals surface area contributed by atoms with Crippen molar-refractivity contribution in [3.05, 3.63) is 77.6 Å². The van der Waals surface area contributed by atoms with E-state index in [9.17, 15) is 4.79 Å². The fraction of sp³-hybridized carbons (Fsp3) is 0.292. The summed E-state index contributed by atoms with van der Waals surface area (Å²) in [6.07, 6.45) is 3.74. The van der Waals surface area contributed by atoms with Crippen molar-refractivity contribution in [2.24, 2.45) is 4.99 Å². The van der Waals surface area contributed by atoms with Crippen molar-refractivity contribution in [1.82, 2.24) is 20.4 Å². The van der Waals surface area contributed by atoms with Crippen LogP contribution in [0.2, 0.25) is 0 Å². The molecule has 3 N–H and O–H groups in total. The summed E-state index contributed by atoms with van der Waals surface area (Å²) in [5.74, 6) is 1.19. The van der Waals surface area contributed by atoms with Crippen LogP contribution in [0.15, 0.2) is 65.9 Å². The van der Waals surface area contributed by atoms with Gasteiger partial charge in [0.2, 0.25) is 5.91 Å². The monoisotopic (exact) mass is 434 g/mol. The van der Waals surface area contributed by atoms with Crippen molar-refractivity contribution in [3.63, 3.8) is 0 Å². The Morgan fingerprint density at radius 3 is 2.62 bits per heavy atom. The number of hydrogen-bond donors (Lipinski definition) is 3. The molecule has 0 saturated carbocycles. The third kappa shape index (κ3) is 6.60. The first-order chi connectivity index (χ1) is 15.6. The van der Waals surface area contributed by atoms with Gasteiger partial charge in [-0.15, -0.1) is 0 Å². The standard InChI is InChI=1S/C24H30N6O2/c1-4-25-24(26-15-19-10-11-23(32-3)22(14-19)29-18(2)31)27-16-20-8-5-6-9-21(20)17-30-13-7-12-28-30/h5-14H,4,15-17H2,1-3H3,(H,29,31)(H2,25,26,27). The Kier molecular flexibility index (Phi) is 8.25. The molecule has 1 amide bonds. The summed E-state index contributed by atoms with van der Waals surface area (Å²) >= 11 is 0. The first-order valence-electron chi connectivity index (χ1n) is 10.6. The topological polar surface area (TPSA) is 92.6 Å². The quantitative estimate of drug-likeness (QED) is 0.355. The molecule has 8 nitrogen and oxygen atoms in total. The Labute approximate surface area is 188 Å². The molecule has 2 aromatic carbocycles. The van der Waals surface area contributed by atoms with Crippen LogP contribution in [-0.4, -0.2) is 35.3 Å². The average Bonchev–Trinajstić information content (AvgIpc) is 3.29. The number of carbonyl (C=O) groups excluding carboxylic acids is 1. The van der Waals surface area contributed by atoms with E-state index in [4.69, 9.17) is 9.73 Å². The zero-order valence-corrected chi connectivity index (χ0v) is 18.8. The number of nitrogens with zero attached hydrogens (tertiary/aromatic N) is 3. The van der Waals surface area contributed by atoms with E-state index in [0.29, 0.717) is 24.5 Å². The second-order valence-electron chi connectivity index (χ2n) is 7.24. The van der Waals surface area contributed by atoms with Gasteiger partial charge in [0.1, 0.15) is 5.75 Å². The second kappa shape index (κ2) is 11.5. The van der Waals surface area contributed by atoms with Gasteiger partial charge in [-0.2, -0.15) is 5.10 Å². The minimum Gasteiger partial charge on any atom is -0.495 e. The Morgan fingerprint density at radius 1 is 1.12 bits per heavy atom. The lowest BCUT2D eigenvalue weighted by Crippen LogP contribution is -2.37. The lowest BCUT2D eigenvalue weighted by Gasteiger charge is -2.15. The minimum absolute atomic E-state index is 0.146. The van der Waals surface area contributed by atoms with E-state index in [0.717, 1.165) is 24.6 Å². The van der Waals surface area contributed by atoms with Crippen molar-refractivity contribution in [3.8, 4) is 5.75 Å². The lowest BCUT2D eigenvalue weighted by atomic mass is 10.1. The maximum absolute atomic E-state index is 11.5. The maximum Gasteiger partial charge on any atom is 0.221 e. The highest BCUT2D eigenvalue weighted by atomic mass is 16.5. The Hall–Kier alpha value is -3.81. The molecule has 0 aliphatic rings. The molecule has 0 aliphatic heterocycles. The Morgan fingerprint density at radius 2 is 1.94 bits per heavy atom. The molecule has 3 rings (SSSR count). The predicted molar refractivity (Wildman–Crippen MR) is 127 cm³/mol. The van der Waals surface area contributed by atoms with E-state index in [1.165, 1.54) is 18.1 Å². The van der Waals surface area contributed by atoms with Crippen LogP contribution in [0.5, 0.6) is 5.75 Å². The van der Waals surface area contributed by atoms with Crippen molar-refractivity contribution in [1.29, 1.82) is 0 Å². The second-order valence-corrected chi connectivity index (χ2v) is 7.24. The molecule has 1 heterocycles. The number of aliphatic imine (C=N–C) groups is 1. The van der Waals surface area contributed by atoms with E-state index < -0.39 is 0 Å². The number of carbonyl (C=O) groups is 1. The summed E-state index contributed by atoms with van der Waals surface area (Å²) in [6, 6.07) is 15.9. The van der Waals surface area contributed by atoms with E-state index in [2.05, 4.69) is 33.2 Å². The summed E-state index contributed by atoms with van der Waals surface area (Å²) in [4.78, 5) is 16.2. The number of amides is 1. The van der Waals surface area contributed by atoms with Crippen LogP contribution in [0.3, 0.4) is 0 Å². The zero-order chi connectivity index (χ0) is 22.8. The van der Waals surface area contributed by atoms with Gasteiger partial charge in [-0.25, -0.2) is 4.99 Å². The van der Waals surface area contributed by atoms with Crippen molar-refractivity contribution >= 4 is 17.6 Å². The molecule has 0 radical (unpaired) electrons. The molecule has 32 heavy (non-hydrogen) atoms. The lowest BCUT2D eigenvalue weighted by molar-refractivity contribution is -0.114. The molecule has 0 atom stereocenters. The number of anilines is 1. The Balaban J connectivity index is 1.69. The number of nitrogens with one attached hydrogen (secondary N) is 3. The van der Waals surface area contributed by atoms with Crippen molar-refractivity contribution < 1.29 is 9.53 Å². The van der Waals surface area contributed by atoms with Gasteiger partial charge in [-0.05, 0) is 41.8 Å². The highest BCUT2D eigenvalue weighted by Gasteiger charge is 2.07. The van der Waals surface area contributed by atoms with Crippen LogP contribution in [0.1, 0.15) is 30.5 Å². The fourth-order valence-electron chi connectivity index (χ4n) is 3.28. The first kappa shape index (κ1) is 22.9. The Bertz CT molecular complexity index is 1050. The number of guanidine groups is 1. The first-order valence-corrected chi connectivity index (χ1v) is 10.6. The fourth-order valence-corrected chi connectivity index (χ4v) is 3.28. The molecular formula is C24H30N6O2. The van der Waals surface area contributed by atoms with Crippen LogP contribution in [0, 0.1) is 0 Å². The summed E-state index contributed by atoms with van der Waals surface area (Å²) in [7, 11) is 1.58. The summed E-state index contributed by atoms with van der Waals surface area (Å²) in [6.45, 7) is 6.08. The van der Waals surface area contributed by atoms with Crippen LogP contribution in [0.25, 0.3) is 0 Å². The van der Waals surface area contributed by atoms with E-state index >= 15 is 0 Å². The number of methoxy groups -OCH3 is 1. The number of ether oxygens (including phenoxy) is 1. The molecule has 168 valence electrons. The zero-order valence-electron chi connectivity index (χ0n) is 18.8. The van der Waals surface area contributed by atoms with Crippen molar-refractivity contribution in [2.45, 2.75) is 33.5 Å². The molecule has 0 aliphatic carbocycles. The maximum atomic E-state index is 11.5. The molecule has 0 saturated heterocycles. The van der Waals surface area contributed by atoms with Crippen LogP contribution in [0.4, 0.5) is 5.69 Å². The van der Waals surface area contributed by atoms with Gasteiger partial charge < -0.3 is 20.7 Å². The number of hydrogen-bond acceptors (Lipinski definition) is 4. The predicted octanol–water partition coefficient (Wildman–Crippen LogP) is 3.15. The highest BCUT2D eigenvalue weighted by molar-refractivity contribution is 5.90. The van der Waals surface area contributed by atoms with E-state index in [1.54, 1.807) is 13.3 Å². The highest BCUT2D eigenvalue weighted by Crippen LogP contribution is 2.25. The smallest absolute Gasteiger partial charge is 0.221 e. The summed E-state index contributed by atoms with van der Waals surface area (Å²) in [5, 5.41) is 13.8. The van der Waals surface area contributed by atoms with E-state index in [1.807, 2.05) is 54.2 Å². The summed E-state index contributed by atoms with van der Waals surface area (Å²) < 4.78 is 7.23. The van der Waals surface area contributed by atoms with Crippen LogP contribution < -0.4 is 20.7 Å². The molecule has 0 unspecified atom stereocenters. The van der Waals surface area contributed by atoms with Crippen molar-refractivity contribution in [2.75, 3.05) is 19.0 Å². The van der Waals surface area contributed by atoms with Gasteiger partial charge in [0, 0.05) is 32.4 Å². The average molecular weight is 435 g/mol. The van der Waals surface area contributed by atoms with Gasteiger partial charge in [0.25, 0.3) is 0 Å². The van der Waals surface area contributed by atoms with Gasteiger partial charge in [0.05, 0.1) is 25.9 Å². The van der Waals surface area contributed by atoms with Gasteiger partial charge in [0.15, 0.2) is 5.96 Å². The number of rotatable bonds is 9. The SMILES string of the molecule is CCNC(=NCc1ccc(OC)c(NC(C)=O)c1)NCc1ccccc1Cn1cccn1. The van der Waals surface area contributed by atoms with Gasteiger partial charge in [-0.3, -0.25) is 9.48 Å².